The van der Waals surface area contributed by atoms with Crippen molar-refractivity contribution in [2.75, 3.05) is 7.11 Å². The summed E-state index contributed by atoms with van der Waals surface area (Å²) >= 11 is 0. The Labute approximate surface area is 178 Å². The average molecular weight is 405 g/mol. The maximum absolute atomic E-state index is 13.6. The van der Waals surface area contributed by atoms with Crippen molar-refractivity contribution < 1.29 is 4.74 Å². The number of pyridine rings is 2. The molecule has 0 unspecified atom stereocenters. The Bertz CT molecular complexity index is 1520. The van der Waals surface area contributed by atoms with E-state index < -0.39 is 0 Å². The Morgan fingerprint density at radius 3 is 2.71 bits per heavy atom. The number of ether oxygens (including phenoxy) is 1. The van der Waals surface area contributed by atoms with Crippen molar-refractivity contribution in [3.8, 4) is 16.9 Å². The SMILES string of the molecule is C=C(c1ccccc1OC)c1nc2ccccn2c(=O)c1-c1ccc2ncccc2c1. The van der Waals surface area contributed by atoms with Gasteiger partial charge in [0.1, 0.15) is 11.4 Å². The zero-order valence-corrected chi connectivity index (χ0v) is 16.9. The summed E-state index contributed by atoms with van der Waals surface area (Å²) in [6.45, 7) is 4.30. The summed E-state index contributed by atoms with van der Waals surface area (Å²) in [5, 5.41) is 0.950. The smallest absolute Gasteiger partial charge is 0.266 e. The normalized spacial score (nSPS) is 11.0. The standard InChI is InChI=1S/C26H19N3O2/c1-17(20-9-3-4-10-22(20)31-2)25-24(26(30)29-15-6-5-11-23(29)28-25)19-12-13-21-18(16-19)8-7-14-27-21/h3-16H,1H2,2H3. The predicted octanol–water partition coefficient (Wildman–Crippen LogP) is 4.98. The lowest BCUT2D eigenvalue weighted by molar-refractivity contribution is 0.413. The minimum Gasteiger partial charge on any atom is -0.496 e. The van der Waals surface area contributed by atoms with Crippen LogP contribution in [0.15, 0.2) is 96.6 Å². The van der Waals surface area contributed by atoms with Crippen LogP contribution in [0.3, 0.4) is 0 Å². The number of nitrogens with zero attached hydrogens (tertiary/aromatic N) is 3. The van der Waals surface area contributed by atoms with Crippen molar-refractivity contribution in [1.29, 1.82) is 0 Å². The molecule has 2 aromatic carbocycles. The molecule has 0 atom stereocenters. The lowest BCUT2D eigenvalue weighted by atomic mass is 9.95. The second-order valence-corrected chi connectivity index (χ2v) is 7.16. The van der Waals surface area contributed by atoms with Gasteiger partial charge in [-0.25, -0.2) is 4.98 Å². The molecule has 0 aliphatic heterocycles. The zero-order valence-electron chi connectivity index (χ0n) is 16.9. The number of methoxy groups -OCH3 is 1. The molecule has 3 heterocycles. The summed E-state index contributed by atoms with van der Waals surface area (Å²) in [6, 6.07) is 22.7. The molecule has 5 heteroatoms. The molecule has 0 aliphatic rings. The second kappa shape index (κ2) is 7.54. The maximum Gasteiger partial charge on any atom is 0.266 e. The van der Waals surface area contributed by atoms with Crippen molar-refractivity contribution in [2.24, 2.45) is 0 Å². The number of para-hydroxylation sites is 1. The van der Waals surface area contributed by atoms with Gasteiger partial charge in [0.25, 0.3) is 5.56 Å². The van der Waals surface area contributed by atoms with E-state index >= 15 is 0 Å². The molecule has 0 bridgehead atoms. The summed E-state index contributed by atoms with van der Waals surface area (Å²) < 4.78 is 7.09. The molecule has 0 N–H and O–H groups in total. The minimum absolute atomic E-state index is 0.153. The average Bonchev–Trinajstić information content (AvgIpc) is 2.83. The van der Waals surface area contributed by atoms with Crippen LogP contribution >= 0.6 is 0 Å². The summed E-state index contributed by atoms with van der Waals surface area (Å²) in [7, 11) is 1.62. The second-order valence-electron chi connectivity index (χ2n) is 7.16. The fourth-order valence-electron chi connectivity index (χ4n) is 3.82. The maximum atomic E-state index is 13.6. The van der Waals surface area contributed by atoms with Gasteiger partial charge >= 0.3 is 0 Å². The lowest BCUT2D eigenvalue weighted by Gasteiger charge is -2.15. The molecule has 31 heavy (non-hydrogen) atoms. The Morgan fingerprint density at radius 1 is 1.00 bits per heavy atom. The van der Waals surface area contributed by atoms with Crippen molar-refractivity contribution >= 4 is 22.1 Å². The van der Waals surface area contributed by atoms with Crippen molar-refractivity contribution in [1.82, 2.24) is 14.4 Å². The third kappa shape index (κ3) is 3.16. The summed E-state index contributed by atoms with van der Waals surface area (Å²) in [5.41, 5.74) is 4.48. The first-order valence-corrected chi connectivity index (χ1v) is 9.86. The van der Waals surface area contributed by atoms with Gasteiger partial charge in [0, 0.05) is 28.9 Å². The number of hydrogen-bond acceptors (Lipinski definition) is 4. The highest BCUT2D eigenvalue weighted by molar-refractivity contribution is 5.91. The van der Waals surface area contributed by atoms with E-state index in [1.54, 1.807) is 23.9 Å². The van der Waals surface area contributed by atoms with Crippen LogP contribution in [-0.2, 0) is 0 Å². The highest BCUT2D eigenvalue weighted by Crippen LogP contribution is 2.33. The fourth-order valence-corrected chi connectivity index (χ4v) is 3.82. The first-order valence-electron chi connectivity index (χ1n) is 9.86. The predicted molar refractivity (Wildman–Crippen MR) is 123 cm³/mol. The minimum atomic E-state index is -0.153. The Morgan fingerprint density at radius 2 is 1.84 bits per heavy atom. The molecule has 0 saturated heterocycles. The van der Waals surface area contributed by atoms with Crippen molar-refractivity contribution in [2.45, 2.75) is 0 Å². The van der Waals surface area contributed by atoms with Gasteiger partial charge in [-0.3, -0.25) is 14.2 Å². The van der Waals surface area contributed by atoms with E-state index in [0.717, 1.165) is 22.0 Å². The van der Waals surface area contributed by atoms with Gasteiger partial charge in [0.15, 0.2) is 0 Å². The first kappa shape index (κ1) is 18.8. The zero-order chi connectivity index (χ0) is 21.4. The quantitative estimate of drug-likeness (QED) is 0.423. The summed E-state index contributed by atoms with van der Waals surface area (Å²) in [4.78, 5) is 22.8. The fraction of sp³-hybridized carbons (Fsp3) is 0.0385. The number of rotatable bonds is 4. The van der Waals surface area contributed by atoms with E-state index in [4.69, 9.17) is 9.72 Å². The van der Waals surface area contributed by atoms with Gasteiger partial charge < -0.3 is 4.74 Å². The largest absolute Gasteiger partial charge is 0.496 e. The van der Waals surface area contributed by atoms with Crippen LogP contribution in [0.1, 0.15) is 11.3 Å². The van der Waals surface area contributed by atoms with E-state index in [2.05, 4.69) is 11.6 Å². The van der Waals surface area contributed by atoms with E-state index in [9.17, 15) is 4.79 Å². The molecule has 0 spiro atoms. The number of hydrogen-bond donors (Lipinski definition) is 0. The molecule has 0 saturated carbocycles. The summed E-state index contributed by atoms with van der Waals surface area (Å²) in [5.74, 6) is 0.677. The lowest BCUT2D eigenvalue weighted by Crippen LogP contribution is -2.19. The highest BCUT2D eigenvalue weighted by atomic mass is 16.5. The van der Waals surface area contributed by atoms with Crippen LogP contribution in [0, 0.1) is 0 Å². The Balaban J connectivity index is 1.83. The molecule has 150 valence electrons. The van der Waals surface area contributed by atoms with Gasteiger partial charge in [-0.15, -0.1) is 0 Å². The van der Waals surface area contributed by atoms with Crippen molar-refractivity contribution in [3.05, 3.63) is 113 Å². The third-order valence-electron chi connectivity index (χ3n) is 5.34. The third-order valence-corrected chi connectivity index (χ3v) is 5.34. The van der Waals surface area contributed by atoms with Crippen LogP contribution in [0.4, 0.5) is 0 Å². The van der Waals surface area contributed by atoms with Crippen LogP contribution in [0.25, 0.3) is 33.3 Å². The molecule has 0 amide bonds. The van der Waals surface area contributed by atoms with E-state index in [-0.39, 0.29) is 5.56 Å². The van der Waals surface area contributed by atoms with Crippen LogP contribution in [0.5, 0.6) is 5.75 Å². The van der Waals surface area contributed by atoms with Crippen LogP contribution < -0.4 is 10.3 Å². The topological polar surface area (TPSA) is 56.5 Å². The number of aromatic nitrogens is 3. The van der Waals surface area contributed by atoms with Gasteiger partial charge in [0.05, 0.1) is 23.9 Å². The van der Waals surface area contributed by atoms with Gasteiger partial charge in [-0.05, 0) is 42.0 Å². The first-order chi connectivity index (χ1) is 15.2. The highest BCUT2D eigenvalue weighted by Gasteiger charge is 2.20. The Kier molecular flexibility index (Phi) is 4.56. The molecule has 5 aromatic rings. The molecule has 0 radical (unpaired) electrons. The molecule has 0 aliphatic carbocycles. The molecule has 3 aromatic heterocycles. The number of benzene rings is 2. The molecular formula is C26H19N3O2. The Hall–Kier alpha value is -4.25. The van der Waals surface area contributed by atoms with Gasteiger partial charge in [-0.2, -0.15) is 0 Å². The van der Waals surface area contributed by atoms with Crippen LogP contribution in [0.2, 0.25) is 0 Å². The monoisotopic (exact) mass is 405 g/mol. The molecule has 5 rings (SSSR count). The van der Waals surface area contributed by atoms with E-state index in [1.165, 1.54) is 0 Å². The van der Waals surface area contributed by atoms with Gasteiger partial charge in [0.2, 0.25) is 0 Å². The summed E-state index contributed by atoms with van der Waals surface area (Å²) in [6.07, 6.45) is 3.48. The van der Waals surface area contributed by atoms with Crippen LogP contribution in [-0.4, -0.2) is 21.5 Å². The molecule has 0 fully saturated rings. The van der Waals surface area contributed by atoms with E-state index in [1.807, 2.05) is 72.8 Å². The van der Waals surface area contributed by atoms with E-state index in [0.29, 0.717) is 28.2 Å². The van der Waals surface area contributed by atoms with Crippen molar-refractivity contribution in [3.63, 3.8) is 0 Å². The van der Waals surface area contributed by atoms with Gasteiger partial charge in [-0.1, -0.05) is 43.0 Å². The number of fused-ring (bicyclic) bond motifs is 2. The molecule has 5 nitrogen and oxygen atoms in total. The molecular weight excluding hydrogens is 386 g/mol.